The van der Waals surface area contributed by atoms with Gasteiger partial charge in [-0.1, -0.05) is 39.3 Å². The van der Waals surface area contributed by atoms with E-state index in [1.807, 2.05) is 0 Å². The summed E-state index contributed by atoms with van der Waals surface area (Å²) in [5, 5.41) is 3.56. The molecule has 0 aromatic heterocycles. The number of hydrogen-bond acceptors (Lipinski definition) is 2. The van der Waals surface area contributed by atoms with Gasteiger partial charge in [0.25, 0.3) is 0 Å². The van der Waals surface area contributed by atoms with Crippen molar-refractivity contribution in [2.75, 3.05) is 19.7 Å². The van der Waals surface area contributed by atoms with Gasteiger partial charge in [0.1, 0.15) is 5.75 Å². The SMILES string of the molecule is CCCCNCC(C)(C)CCCOc1cc(C)ccc1C. The lowest BCUT2D eigenvalue weighted by Gasteiger charge is -2.25. The molecule has 1 rings (SSSR count). The van der Waals surface area contributed by atoms with Crippen molar-refractivity contribution in [2.24, 2.45) is 5.41 Å². The summed E-state index contributed by atoms with van der Waals surface area (Å²) in [6.45, 7) is 14.2. The Morgan fingerprint density at radius 3 is 2.62 bits per heavy atom. The zero-order chi connectivity index (χ0) is 15.7. The lowest BCUT2D eigenvalue weighted by Crippen LogP contribution is -2.30. The van der Waals surface area contributed by atoms with Crippen molar-refractivity contribution in [1.82, 2.24) is 5.32 Å². The summed E-state index contributed by atoms with van der Waals surface area (Å²) in [6, 6.07) is 6.40. The van der Waals surface area contributed by atoms with E-state index in [9.17, 15) is 0 Å². The number of nitrogens with one attached hydrogen (secondary N) is 1. The number of unbranched alkanes of at least 4 members (excludes halogenated alkanes) is 1. The van der Waals surface area contributed by atoms with Crippen LogP contribution in [0, 0.1) is 19.3 Å². The lowest BCUT2D eigenvalue weighted by molar-refractivity contribution is 0.249. The average Bonchev–Trinajstić information content (AvgIpc) is 2.43. The van der Waals surface area contributed by atoms with Gasteiger partial charge in [-0.15, -0.1) is 0 Å². The molecule has 0 aliphatic rings. The molecule has 0 bridgehead atoms. The third-order valence-corrected chi connectivity index (χ3v) is 3.91. The van der Waals surface area contributed by atoms with E-state index >= 15 is 0 Å². The molecule has 120 valence electrons. The number of ether oxygens (including phenoxy) is 1. The Balaban J connectivity index is 2.24. The molecule has 0 atom stereocenters. The van der Waals surface area contributed by atoms with Crippen molar-refractivity contribution >= 4 is 0 Å². The Morgan fingerprint density at radius 1 is 1.14 bits per heavy atom. The Morgan fingerprint density at radius 2 is 1.90 bits per heavy atom. The van der Waals surface area contributed by atoms with Crippen LogP contribution in [0.15, 0.2) is 18.2 Å². The molecular formula is C19H33NO. The molecule has 1 aromatic rings. The van der Waals surface area contributed by atoms with Crippen LogP contribution < -0.4 is 10.1 Å². The fraction of sp³-hybridized carbons (Fsp3) is 0.684. The van der Waals surface area contributed by atoms with Crippen LogP contribution in [0.4, 0.5) is 0 Å². The van der Waals surface area contributed by atoms with Crippen LogP contribution in [-0.2, 0) is 0 Å². The monoisotopic (exact) mass is 291 g/mol. The van der Waals surface area contributed by atoms with Gasteiger partial charge in [0.2, 0.25) is 0 Å². The summed E-state index contributed by atoms with van der Waals surface area (Å²) in [6.07, 6.45) is 4.83. The maximum atomic E-state index is 5.94. The summed E-state index contributed by atoms with van der Waals surface area (Å²) in [7, 11) is 0. The minimum Gasteiger partial charge on any atom is -0.493 e. The highest BCUT2D eigenvalue weighted by molar-refractivity contribution is 5.35. The van der Waals surface area contributed by atoms with Crippen molar-refractivity contribution in [2.45, 2.75) is 60.3 Å². The largest absolute Gasteiger partial charge is 0.493 e. The molecule has 0 saturated heterocycles. The van der Waals surface area contributed by atoms with Gasteiger partial charge in [-0.3, -0.25) is 0 Å². The summed E-state index contributed by atoms with van der Waals surface area (Å²) in [5.41, 5.74) is 2.83. The Labute approximate surface area is 131 Å². The molecule has 1 aromatic carbocycles. The maximum absolute atomic E-state index is 5.94. The highest BCUT2D eigenvalue weighted by atomic mass is 16.5. The van der Waals surface area contributed by atoms with E-state index < -0.39 is 0 Å². The molecule has 2 nitrogen and oxygen atoms in total. The van der Waals surface area contributed by atoms with Crippen LogP contribution in [0.1, 0.15) is 57.6 Å². The molecule has 0 spiro atoms. The first-order chi connectivity index (χ1) is 9.94. The molecule has 0 radical (unpaired) electrons. The van der Waals surface area contributed by atoms with Crippen LogP contribution in [0.3, 0.4) is 0 Å². The second kappa shape index (κ2) is 9.09. The molecule has 0 aliphatic heterocycles. The first-order valence-electron chi connectivity index (χ1n) is 8.35. The van der Waals surface area contributed by atoms with Crippen molar-refractivity contribution in [3.8, 4) is 5.75 Å². The molecule has 0 saturated carbocycles. The van der Waals surface area contributed by atoms with E-state index in [2.05, 4.69) is 58.1 Å². The zero-order valence-corrected chi connectivity index (χ0v) is 14.6. The van der Waals surface area contributed by atoms with Crippen LogP contribution in [-0.4, -0.2) is 19.7 Å². The van der Waals surface area contributed by atoms with Gasteiger partial charge in [0.15, 0.2) is 0 Å². The number of hydrogen-bond donors (Lipinski definition) is 1. The van der Waals surface area contributed by atoms with E-state index in [1.54, 1.807) is 0 Å². The fourth-order valence-corrected chi connectivity index (χ4v) is 2.41. The van der Waals surface area contributed by atoms with E-state index in [0.29, 0.717) is 5.41 Å². The minimum absolute atomic E-state index is 0.346. The molecule has 1 N–H and O–H groups in total. The van der Waals surface area contributed by atoms with E-state index in [1.165, 1.54) is 30.4 Å². The first-order valence-corrected chi connectivity index (χ1v) is 8.35. The van der Waals surface area contributed by atoms with Gasteiger partial charge in [0, 0.05) is 6.54 Å². The maximum Gasteiger partial charge on any atom is 0.122 e. The van der Waals surface area contributed by atoms with Crippen LogP contribution in [0.2, 0.25) is 0 Å². The topological polar surface area (TPSA) is 21.3 Å². The van der Waals surface area contributed by atoms with E-state index in [-0.39, 0.29) is 0 Å². The Bertz CT molecular complexity index is 412. The smallest absolute Gasteiger partial charge is 0.122 e. The van der Waals surface area contributed by atoms with Crippen molar-refractivity contribution in [3.63, 3.8) is 0 Å². The highest BCUT2D eigenvalue weighted by Crippen LogP contribution is 2.23. The fourth-order valence-electron chi connectivity index (χ4n) is 2.41. The quantitative estimate of drug-likeness (QED) is 0.620. The van der Waals surface area contributed by atoms with E-state index in [0.717, 1.165) is 31.9 Å². The minimum atomic E-state index is 0.346. The van der Waals surface area contributed by atoms with Gasteiger partial charge in [-0.2, -0.15) is 0 Å². The van der Waals surface area contributed by atoms with Gasteiger partial charge in [0.05, 0.1) is 6.61 Å². The Hall–Kier alpha value is -1.02. The number of benzene rings is 1. The summed E-state index contributed by atoms with van der Waals surface area (Å²) >= 11 is 0. The lowest BCUT2D eigenvalue weighted by atomic mass is 9.88. The van der Waals surface area contributed by atoms with Gasteiger partial charge < -0.3 is 10.1 Å². The number of rotatable bonds is 10. The third-order valence-electron chi connectivity index (χ3n) is 3.91. The summed E-state index contributed by atoms with van der Waals surface area (Å²) in [4.78, 5) is 0. The van der Waals surface area contributed by atoms with Crippen molar-refractivity contribution in [3.05, 3.63) is 29.3 Å². The third kappa shape index (κ3) is 7.52. The van der Waals surface area contributed by atoms with Crippen LogP contribution in [0.25, 0.3) is 0 Å². The standard InChI is InChI=1S/C19H33NO/c1-6-7-12-20-15-19(4,5)11-8-13-21-18-14-16(2)9-10-17(18)3/h9-10,14,20H,6-8,11-13,15H2,1-5H3. The van der Waals surface area contributed by atoms with E-state index in [4.69, 9.17) is 4.74 Å². The second-order valence-corrected chi connectivity index (χ2v) is 6.92. The average molecular weight is 291 g/mol. The molecule has 0 fully saturated rings. The van der Waals surface area contributed by atoms with Crippen molar-refractivity contribution < 1.29 is 4.74 Å². The summed E-state index contributed by atoms with van der Waals surface area (Å²) in [5.74, 6) is 1.04. The summed E-state index contributed by atoms with van der Waals surface area (Å²) < 4.78 is 5.94. The molecule has 0 unspecified atom stereocenters. The molecule has 0 aliphatic carbocycles. The molecule has 21 heavy (non-hydrogen) atoms. The molecular weight excluding hydrogens is 258 g/mol. The first kappa shape index (κ1) is 18.0. The zero-order valence-electron chi connectivity index (χ0n) is 14.6. The van der Waals surface area contributed by atoms with Crippen LogP contribution >= 0.6 is 0 Å². The van der Waals surface area contributed by atoms with Gasteiger partial charge in [-0.25, -0.2) is 0 Å². The highest BCUT2D eigenvalue weighted by Gasteiger charge is 2.16. The second-order valence-electron chi connectivity index (χ2n) is 6.92. The van der Waals surface area contributed by atoms with Crippen LogP contribution in [0.5, 0.6) is 5.75 Å². The Kier molecular flexibility index (Phi) is 7.81. The normalized spacial score (nSPS) is 11.7. The number of aryl methyl sites for hydroxylation is 2. The molecule has 0 heterocycles. The predicted molar refractivity (Wildman–Crippen MR) is 92.2 cm³/mol. The van der Waals surface area contributed by atoms with Gasteiger partial charge in [-0.05, 0) is 62.3 Å². The van der Waals surface area contributed by atoms with Gasteiger partial charge >= 0.3 is 0 Å². The van der Waals surface area contributed by atoms with Crippen molar-refractivity contribution in [1.29, 1.82) is 0 Å². The molecule has 0 amide bonds. The predicted octanol–water partition coefficient (Wildman–Crippen LogP) is 4.88. The molecule has 2 heteroatoms.